The van der Waals surface area contributed by atoms with Gasteiger partial charge in [-0.2, -0.15) is 0 Å². The van der Waals surface area contributed by atoms with Crippen molar-refractivity contribution in [1.29, 1.82) is 0 Å². The predicted molar refractivity (Wildman–Crippen MR) is 102 cm³/mol. The van der Waals surface area contributed by atoms with Gasteiger partial charge in [0.1, 0.15) is 5.00 Å². The number of amides is 2. The molecule has 0 radical (unpaired) electrons. The fraction of sp³-hybridized carbons (Fsp3) is 0.350. The Kier molecular flexibility index (Phi) is 5.60. The lowest BCUT2D eigenvalue weighted by Gasteiger charge is -2.31. The monoisotopic (exact) mass is 385 g/mol. The summed E-state index contributed by atoms with van der Waals surface area (Å²) in [7, 11) is 0. The number of carboxylic acids is 1. The second-order valence-corrected chi connectivity index (χ2v) is 8.00. The molecule has 1 aromatic heterocycles. The van der Waals surface area contributed by atoms with Crippen LogP contribution >= 0.6 is 11.3 Å². The molecule has 2 amide bonds. The van der Waals surface area contributed by atoms with E-state index >= 15 is 0 Å². The molecule has 1 heterocycles. The molecule has 6 nitrogen and oxygen atoms in total. The summed E-state index contributed by atoms with van der Waals surface area (Å²) in [5.74, 6) is -3.68. The first-order chi connectivity index (χ1) is 12.9. The van der Waals surface area contributed by atoms with Gasteiger partial charge >= 0.3 is 0 Å². The second-order valence-electron chi connectivity index (χ2n) is 6.77. The molecule has 7 heteroatoms. The number of hydrogen-bond acceptors (Lipinski definition) is 5. The summed E-state index contributed by atoms with van der Waals surface area (Å²) in [4.78, 5) is 37.1. The maximum Gasteiger partial charge on any atom is 0.252 e. The van der Waals surface area contributed by atoms with E-state index in [0.29, 0.717) is 23.4 Å². The highest BCUT2D eigenvalue weighted by molar-refractivity contribution is 7.17. The van der Waals surface area contributed by atoms with Crippen LogP contribution in [0.25, 0.3) is 11.1 Å². The molecule has 27 heavy (non-hydrogen) atoms. The first-order valence-electron chi connectivity index (χ1n) is 8.90. The van der Waals surface area contributed by atoms with Crippen molar-refractivity contribution in [1.82, 2.24) is 0 Å². The van der Waals surface area contributed by atoms with Crippen molar-refractivity contribution < 1.29 is 19.5 Å². The van der Waals surface area contributed by atoms with Crippen LogP contribution in [0.15, 0.2) is 30.3 Å². The van der Waals surface area contributed by atoms with E-state index in [4.69, 9.17) is 5.73 Å². The number of carboxylic acid groups (broad SMARTS) is 1. The number of aliphatic carboxylic acids is 1. The minimum absolute atomic E-state index is 0.262. The van der Waals surface area contributed by atoms with Gasteiger partial charge in [0.25, 0.3) is 5.91 Å². The largest absolute Gasteiger partial charge is 0.550 e. The molecular formula is C20H21N2O4S-. The fourth-order valence-corrected chi connectivity index (χ4v) is 4.84. The lowest BCUT2D eigenvalue weighted by atomic mass is 9.78. The Morgan fingerprint density at radius 2 is 1.74 bits per heavy atom. The highest BCUT2D eigenvalue weighted by Gasteiger charge is 2.33. The lowest BCUT2D eigenvalue weighted by Crippen LogP contribution is -2.42. The van der Waals surface area contributed by atoms with Crippen LogP contribution in [0.5, 0.6) is 0 Å². The number of primary amides is 1. The van der Waals surface area contributed by atoms with Crippen LogP contribution in [0.3, 0.4) is 0 Å². The number of benzene rings is 1. The van der Waals surface area contributed by atoms with Gasteiger partial charge in [-0.3, -0.25) is 9.59 Å². The van der Waals surface area contributed by atoms with Gasteiger partial charge < -0.3 is 21.0 Å². The predicted octanol–water partition coefficient (Wildman–Crippen LogP) is 2.32. The highest BCUT2D eigenvalue weighted by Crippen LogP contribution is 2.40. The maximum absolute atomic E-state index is 12.8. The van der Waals surface area contributed by atoms with Crippen LogP contribution < -0.4 is 16.2 Å². The Morgan fingerprint density at radius 3 is 2.33 bits per heavy atom. The molecule has 1 aliphatic rings. The number of rotatable bonds is 5. The average Bonchev–Trinajstić information content (AvgIpc) is 2.98. The summed E-state index contributed by atoms with van der Waals surface area (Å²) in [6.07, 6.45) is 2.49. The molecule has 3 N–H and O–H groups in total. The van der Waals surface area contributed by atoms with Crippen molar-refractivity contribution in [3.05, 3.63) is 40.8 Å². The van der Waals surface area contributed by atoms with E-state index < -0.39 is 29.6 Å². The third-order valence-corrected chi connectivity index (χ3v) is 6.06. The van der Waals surface area contributed by atoms with E-state index in [1.165, 1.54) is 11.3 Å². The van der Waals surface area contributed by atoms with Gasteiger partial charge in [0, 0.05) is 28.2 Å². The van der Waals surface area contributed by atoms with E-state index in [-0.39, 0.29) is 5.56 Å². The van der Waals surface area contributed by atoms with Crippen molar-refractivity contribution in [3.8, 4) is 11.1 Å². The van der Waals surface area contributed by atoms with Crippen molar-refractivity contribution in [2.75, 3.05) is 5.32 Å². The van der Waals surface area contributed by atoms with Crippen LogP contribution in [0, 0.1) is 18.8 Å². The van der Waals surface area contributed by atoms with E-state index in [0.717, 1.165) is 23.3 Å². The number of nitrogens with one attached hydrogen (secondary N) is 1. The summed E-state index contributed by atoms with van der Waals surface area (Å²) < 4.78 is 0. The molecule has 0 aliphatic heterocycles. The number of thiophene rings is 1. The summed E-state index contributed by atoms with van der Waals surface area (Å²) in [6, 6.07) is 9.35. The molecular weight excluding hydrogens is 364 g/mol. The quantitative estimate of drug-likeness (QED) is 0.822. The fourth-order valence-electron chi connectivity index (χ4n) is 3.75. The van der Waals surface area contributed by atoms with E-state index in [9.17, 15) is 19.5 Å². The van der Waals surface area contributed by atoms with Crippen LogP contribution in [-0.4, -0.2) is 17.8 Å². The Morgan fingerprint density at radius 1 is 1.11 bits per heavy atom. The van der Waals surface area contributed by atoms with E-state index in [2.05, 4.69) is 5.32 Å². The van der Waals surface area contributed by atoms with Gasteiger partial charge in [-0.25, -0.2) is 0 Å². The molecule has 1 aromatic carbocycles. The van der Waals surface area contributed by atoms with Gasteiger partial charge in [0.05, 0.1) is 5.56 Å². The Bertz CT molecular complexity index is 876. The van der Waals surface area contributed by atoms with E-state index in [1.807, 2.05) is 37.3 Å². The van der Waals surface area contributed by atoms with Crippen LogP contribution in [0.4, 0.5) is 5.00 Å². The normalized spacial score (nSPS) is 19.4. The molecule has 0 bridgehead atoms. The van der Waals surface area contributed by atoms with Gasteiger partial charge in [0.15, 0.2) is 0 Å². The Balaban J connectivity index is 1.94. The molecule has 0 saturated heterocycles. The van der Waals surface area contributed by atoms with Gasteiger partial charge in [-0.15, -0.1) is 11.3 Å². The smallest absolute Gasteiger partial charge is 0.252 e. The van der Waals surface area contributed by atoms with Gasteiger partial charge in [0.2, 0.25) is 5.91 Å². The number of nitrogens with two attached hydrogens (primary N) is 1. The number of hydrogen-bond donors (Lipinski definition) is 2. The number of carbonyl (C=O) groups excluding carboxylic acids is 3. The summed E-state index contributed by atoms with van der Waals surface area (Å²) in [5, 5.41) is 14.5. The maximum atomic E-state index is 12.8. The summed E-state index contributed by atoms with van der Waals surface area (Å²) >= 11 is 1.27. The first kappa shape index (κ1) is 19.1. The zero-order valence-electron chi connectivity index (χ0n) is 15.0. The van der Waals surface area contributed by atoms with Crippen LogP contribution in [-0.2, 0) is 9.59 Å². The molecule has 1 aliphatic carbocycles. The third-order valence-electron chi connectivity index (χ3n) is 5.04. The van der Waals surface area contributed by atoms with Crippen LogP contribution in [0.2, 0.25) is 0 Å². The van der Waals surface area contributed by atoms with Crippen molar-refractivity contribution >= 4 is 34.1 Å². The molecule has 0 unspecified atom stereocenters. The molecule has 2 atom stereocenters. The number of carbonyl (C=O) groups is 3. The molecule has 0 spiro atoms. The number of aryl methyl sites for hydroxylation is 1. The van der Waals surface area contributed by atoms with Gasteiger partial charge in [-0.1, -0.05) is 43.2 Å². The summed E-state index contributed by atoms with van der Waals surface area (Å²) in [5.41, 5.74) is 7.41. The second kappa shape index (κ2) is 7.92. The lowest BCUT2D eigenvalue weighted by molar-refractivity contribution is -0.313. The SMILES string of the molecule is Cc1sc(NC(=O)[C@@H]2CCCC[C@H]2C(=O)[O-])c(C(N)=O)c1-c1ccccc1. The third kappa shape index (κ3) is 3.88. The first-order valence-corrected chi connectivity index (χ1v) is 9.72. The molecule has 1 saturated carbocycles. The highest BCUT2D eigenvalue weighted by atomic mass is 32.1. The zero-order chi connectivity index (χ0) is 19.6. The zero-order valence-corrected chi connectivity index (χ0v) is 15.8. The Hall–Kier alpha value is -2.67. The standard InChI is InChI=1S/C20H22N2O4S/c1-11-15(12-7-3-2-4-8-12)16(17(21)23)19(27-11)22-18(24)13-9-5-6-10-14(13)20(25)26/h2-4,7-8,13-14H,5-6,9-10H2,1H3,(H2,21,23)(H,22,24)(H,25,26)/p-1/t13-,14-/m1/s1. The molecule has 3 rings (SSSR count). The molecule has 1 fully saturated rings. The van der Waals surface area contributed by atoms with Crippen molar-refractivity contribution in [2.45, 2.75) is 32.6 Å². The minimum Gasteiger partial charge on any atom is -0.550 e. The molecule has 2 aromatic rings. The Labute approximate surface area is 161 Å². The minimum atomic E-state index is -1.20. The van der Waals surface area contributed by atoms with E-state index in [1.54, 1.807) is 0 Å². The number of anilines is 1. The molecule has 142 valence electrons. The van der Waals surface area contributed by atoms with Crippen LogP contribution in [0.1, 0.15) is 40.9 Å². The topological polar surface area (TPSA) is 112 Å². The van der Waals surface area contributed by atoms with Crippen molar-refractivity contribution in [3.63, 3.8) is 0 Å². The summed E-state index contributed by atoms with van der Waals surface area (Å²) in [6.45, 7) is 1.86. The average molecular weight is 385 g/mol. The van der Waals surface area contributed by atoms with Gasteiger partial charge in [-0.05, 0) is 25.3 Å². The van der Waals surface area contributed by atoms with Crippen molar-refractivity contribution in [2.24, 2.45) is 17.6 Å².